The minimum atomic E-state index is -1.20. The maximum absolute atomic E-state index is 13.2. The third kappa shape index (κ3) is 2.47. The number of nitrogens with zero attached hydrogens (tertiary/aromatic N) is 1. The fourth-order valence-corrected chi connectivity index (χ4v) is 1.45. The summed E-state index contributed by atoms with van der Waals surface area (Å²) >= 11 is 5.53. The Bertz CT molecular complexity index is 535. The molecule has 0 aliphatic carbocycles. The molecule has 1 aromatic rings. The van der Waals surface area contributed by atoms with Gasteiger partial charge in [-0.25, -0.2) is 9.18 Å². The smallest absolute Gasteiger partial charge is 0.359 e. The van der Waals surface area contributed by atoms with Crippen LogP contribution in [0.2, 0.25) is 5.02 Å². The lowest BCUT2D eigenvalue weighted by atomic mass is 10.3. The molecule has 2 rings (SSSR count). The van der Waals surface area contributed by atoms with Crippen LogP contribution in [0.1, 0.15) is 0 Å². The fourth-order valence-electron chi connectivity index (χ4n) is 1.33. The highest BCUT2D eigenvalue weighted by Crippen LogP contribution is 2.22. The normalized spacial score (nSPS) is 15.3. The van der Waals surface area contributed by atoms with Gasteiger partial charge in [0.1, 0.15) is 11.6 Å². The van der Waals surface area contributed by atoms with E-state index in [-0.39, 0.29) is 22.4 Å². The first kappa shape index (κ1) is 12.5. The Balaban J connectivity index is 2.24. The number of carboxylic acid groups (broad SMARTS) is 1. The number of hydrogen-bond donors (Lipinski definition) is 3. The summed E-state index contributed by atoms with van der Waals surface area (Å²) in [5.74, 6) is -1.75. The summed E-state index contributed by atoms with van der Waals surface area (Å²) in [5, 5.41) is 10.2. The van der Waals surface area contributed by atoms with E-state index in [0.717, 1.165) is 6.07 Å². The molecule has 3 N–H and O–H groups in total. The maximum Gasteiger partial charge on any atom is 0.359 e. The van der Waals surface area contributed by atoms with Crippen molar-refractivity contribution in [3.05, 3.63) is 40.6 Å². The van der Waals surface area contributed by atoms with Gasteiger partial charge in [-0.2, -0.15) is 0 Å². The van der Waals surface area contributed by atoms with Gasteiger partial charge in [-0.1, -0.05) is 11.6 Å². The molecule has 0 radical (unpaired) electrons. The van der Waals surface area contributed by atoms with Crippen molar-refractivity contribution < 1.29 is 19.0 Å². The molecule has 0 fully saturated rings. The van der Waals surface area contributed by atoms with Crippen molar-refractivity contribution in [3.8, 4) is 5.75 Å². The van der Waals surface area contributed by atoms with Gasteiger partial charge >= 0.3 is 5.97 Å². The number of carbonyl (C=O) groups is 1. The van der Waals surface area contributed by atoms with Gasteiger partial charge in [0.05, 0.1) is 5.02 Å². The summed E-state index contributed by atoms with van der Waals surface area (Å²) in [7, 11) is 1.56. The number of hydrogen-bond acceptors (Lipinski definition) is 5. The number of aliphatic carboxylic acids is 1. The van der Waals surface area contributed by atoms with E-state index in [9.17, 15) is 9.18 Å². The van der Waals surface area contributed by atoms with E-state index in [0.29, 0.717) is 0 Å². The van der Waals surface area contributed by atoms with Crippen LogP contribution in [-0.2, 0) is 4.79 Å². The van der Waals surface area contributed by atoms with Crippen LogP contribution in [0.15, 0.2) is 29.8 Å². The standard InChI is InChI=1S/C10H9ClFN3O3/c1-15-13-8(10(16)17)9(14-15)18-5-2-3-6(11)7(12)4-5/h2-4,13-14H,1H3,(H,16,17). The Morgan fingerprint density at radius 1 is 1.50 bits per heavy atom. The van der Waals surface area contributed by atoms with Crippen LogP contribution in [-0.4, -0.2) is 23.2 Å². The zero-order valence-electron chi connectivity index (χ0n) is 9.20. The van der Waals surface area contributed by atoms with Crippen molar-refractivity contribution in [3.63, 3.8) is 0 Å². The van der Waals surface area contributed by atoms with E-state index in [1.54, 1.807) is 7.05 Å². The predicted octanol–water partition coefficient (Wildman–Crippen LogP) is 1.07. The average Bonchev–Trinajstić information content (AvgIpc) is 2.65. The van der Waals surface area contributed by atoms with E-state index < -0.39 is 11.8 Å². The average molecular weight is 274 g/mol. The molecular formula is C10H9ClFN3O3. The van der Waals surface area contributed by atoms with E-state index in [4.69, 9.17) is 21.4 Å². The Morgan fingerprint density at radius 2 is 2.22 bits per heavy atom. The number of benzene rings is 1. The molecule has 1 aliphatic heterocycles. The third-order valence-corrected chi connectivity index (χ3v) is 2.41. The minimum Gasteiger partial charge on any atom is -0.476 e. The van der Waals surface area contributed by atoms with Gasteiger partial charge in [-0.3, -0.25) is 10.9 Å². The maximum atomic E-state index is 13.2. The van der Waals surface area contributed by atoms with Crippen LogP contribution < -0.4 is 15.6 Å². The van der Waals surface area contributed by atoms with Crippen molar-refractivity contribution in [1.82, 2.24) is 16.0 Å². The summed E-state index contributed by atoms with van der Waals surface area (Å²) in [6.07, 6.45) is 0. The molecule has 0 bridgehead atoms. The number of hydrazine groups is 2. The molecule has 0 saturated carbocycles. The highest BCUT2D eigenvalue weighted by atomic mass is 35.5. The van der Waals surface area contributed by atoms with Gasteiger partial charge in [-0.05, 0) is 12.1 Å². The van der Waals surface area contributed by atoms with Crippen LogP contribution in [0.25, 0.3) is 0 Å². The van der Waals surface area contributed by atoms with E-state index in [1.807, 2.05) is 0 Å². The lowest BCUT2D eigenvalue weighted by Gasteiger charge is -2.11. The Morgan fingerprint density at radius 3 is 2.83 bits per heavy atom. The van der Waals surface area contributed by atoms with E-state index >= 15 is 0 Å². The Kier molecular flexibility index (Phi) is 3.26. The van der Waals surface area contributed by atoms with Crippen molar-refractivity contribution in [2.45, 2.75) is 0 Å². The van der Waals surface area contributed by atoms with Gasteiger partial charge in [0.2, 0.25) is 5.88 Å². The highest BCUT2D eigenvalue weighted by Gasteiger charge is 2.25. The molecule has 0 aromatic heterocycles. The molecule has 8 heteroatoms. The van der Waals surface area contributed by atoms with Gasteiger partial charge in [-0.15, -0.1) is 5.12 Å². The molecule has 0 atom stereocenters. The topological polar surface area (TPSA) is 73.8 Å². The molecule has 0 unspecified atom stereocenters. The van der Waals surface area contributed by atoms with Gasteiger partial charge in [0.25, 0.3) is 0 Å². The summed E-state index contributed by atoms with van der Waals surface area (Å²) in [4.78, 5) is 10.9. The first-order chi connectivity index (χ1) is 8.47. The lowest BCUT2D eigenvalue weighted by molar-refractivity contribution is -0.133. The van der Waals surface area contributed by atoms with Crippen molar-refractivity contribution >= 4 is 17.6 Å². The first-order valence-corrected chi connectivity index (χ1v) is 5.22. The molecule has 96 valence electrons. The van der Waals surface area contributed by atoms with E-state index in [2.05, 4.69) is 10.9 Å². The highest BCUT2D eigenvalue weighted by molar-refractivity contribution is 6.30. The van der Waals surface area contributed by atoms with Gasteiger partial charge < -0.3 is 9.84 Å². The van der Waals surface area contributed by atoms with Gasteiger partial charge in [0, 0.05) is 13.1 Å². The fraction of sp³-hybridized carbons (Fsp3) is 0.100. The summed E-state index contributed by atoms with van der Waals surface area (Å²) in [6.45, 7) is 0. The molecule has 1 aromatic carbocycles. The molecule has 18 heavy (non-hydrogen) atoms. The second-order valence-electron chi connectivity index (χ2n) is 3.47. The number of halogens is 2. The number of ether oxygens (including phenoxy) is 1. The summed E-state index contributed by atoms with van der Waals surface area (Å²) < 4.78 is 18.4. The van der Waals surface area contributed by atoms with Crippen LogP contribution in [0.4, 0.5) is 4.39 Å². The second-order valence-corrected chi connectivity index (χ2v) is 3.88. The molecule has 6 nitrogen and oxygen atoms in total. The van der Waals surface area contributed by atoms with Crippen molar-refractivity contribution in [1.29, 1.82) is 0 Å². The summed E-state index contributed by atoms with van der Waals surface area (Å²) in [5.41, 5.74) is 4.94. The monoisotopic (exact) mass is 273 g/mol. The van der Waals surface area contributed by atoms with Crippen LogP contribution in [0.3, 0.4) is 0 Å². The molecule has 0 saturated heterocycles. The third-order valence-electron chi connectivity index (χ3n) is 2.10. The molecule has 0 amide bonds. The molecular weight excluding hydrogens is 265 g/mol. The second kappa shape index (κ2) is 4.71. The van der Waals surface area contributed by atoms with Crippen LogP contribution in [0, 0.1) is 5.82 Å². The minimum absolute atomic E-state index is 0.0354. The zero-order valence-corrected chi connectivity index (χ0v) is 9.95. The first-order valence-electron chi connectivity index (χ1n) is 4.85. The van der Waals surface area contributed by atoms with E-state index in [1.165, 1.54) is 17.3 Å². The molecule has 1 heterocycles. The lowest BCUT2D eigenvalue weighted by Crippen LogP contribution is -2.37. The van der Waals surface area contributed by atoms with Crippen molar-refractivity contribution in [2.75, 3.05) is 7.05 Å². The SMILES string of the molecule is CN1NC(Oc2ccc(Cl)c(F)c2)=C(C(=O)O)N1. The van der Waals surface area contributed by atoms with Crippen molar-refractivity contribution in [2.24, 2.45) is 0 Å². The number of nitrogens with one attached hydrogen (secondary N) is 2. The number of rotatable bonds is 3. The zero-order chi connectivity index (χ0) is 13.3. The predicted molar refractivity (Wildman–Crippen MR) is 60.7 cm³/mol. The Hall–Kier alpha value is -1.99. The number of carboxylic acids is 1. The van der Waals surface area contributed by atoms with Crippen LogP contribution >= 0.6 is 11.6 Å². The Labute approximate surface area is 107 Å². The largest absolute Gasteiger partial charge is 0.476 e. The van der Waals surface area contributed by atoms with Gasteiger partial charge in [0.15, 0.2) is 5.70 Å². The molecule has 1 aliphatic rings. The van der Waals surface area contributed by atoms with Crippen LogP contribution in [0.5, 0.6) is 5.75 Å². The summed E-state index contributed by atoms with van der Waals surface area (Å²) in [6, 6.07) is 3.81. The molecule has 0 spiro atoms. The quantitative estimate of drug-likeness (QED) is 0.765.